The van der Waals surface area contributed by atoms with Gasteiger partial charge in [-0.05, 0) is 42.2 Å². The molecule has 162 valence electrons. The number of aryl methyl sites for hydroxylation is 1. The Bertz CT molecular complexity index is 1210. The number of amides is 2. The molecule has 1 aromatic carbocycles. The summed E-state index contributed by atoms with van der Waals surface area (Å²) in [6.07, 6.45) is 4.37. The number of rotatable bonds is 6. The van der Waals surface area contributed by atoms with Gasteiger partial charge in [0.25, 0.3) is 11.8 Å². The average molecular weight is 429 g/mol. The number of benzene rings is 1. The fraction of sp³-hybridized carbons (Fsp3) is 0.292. The Kier molecular flexibility index (Phi) is 5.99. The zero-order valence-electron chi connectivity index (χ0n) is 17.9. The van der Waals surface area contributed by atoms with Gasteiger partial charge in [-0.25, -0.2) is 9.97 Å². The number of fused-ring (bicyclic) bond motifs is 1. The van der Waals surface area contributed by atoms with Crippen molar-refractivity contribution in [2.24, 2.45) is 0 Å². The van der Waals surface area contributed by atoms with E-state index in [9.17, 15) is 9.59 Å². The van der Waals surface area contributed by atoms with Crippen LogP contribution in [0.15, 0.2) is 47.3 Å². The predicted octanol–water partition coefficient (Wildman–Crippen LogP) is 3.41. The first kappa shape index (κ1) is 21.2. The van der Waals surface area contributed by atoms with Crippen LogP contribution in [0.1, 0.15) is 81.2 Å². The minimum Gasteiger partial charge on any atom is -0.469 e. The minimum atomic E-state index is -0.399. The Morgan fingerprint density at radius 2 is 1.97 bits per heavy atom. The zero-order valence-corrected chi connectivity index (χ0v) is 17.9. The van der Waals surface area contributed by atoms with Crippen LogP contribution in [0.2, 0.25) is 0 Å². The second kappa shape index (κ2) is 9.02. The van der Waals surface area contributed by atoms with Gasteiger partial charge in [0.2, 0.25) is 0 Å². The Labute approximate surface area is 185 Å². The third-order valence-electron chi connectivity index (χ3n) is 5.48. The molecule has 2 amide bonds. The van der Waals surface area contributed by atoms with Gasteiger partial charge in [-0.15, -0.1) is 0 Å². The molecular weight excluding hydrogens is 406 g/mol. The van der Waals surface area contributed by atoms with Crippen molar-refractivity contribution in [2.45, 2.75) is 45.2 Å². The maximum atomic E-state index is 12.8. The molecule has 0 radical (unpaired) electrons. The van der Waals surface area contributed by atoms with Crippen molar-refractivity contribution < 1.29 is 14.0 Å². The Hall–Kier alpha value is -3.99. The zero-order chi connectivity index (χ0) is 22.7. The largest absolute Gasteiger partial charge is 0.469 e. The topological polar surface area (TPSA) is 121 Å². The van der Waals surface area contributed by atoms with Crippen LogP contribution < -0.4 is 10.6 Å². The Balaban J connectivity index is 1.40. The van der Waals surface area contributed by atoms with E-state index in [1.165, 1.54) is 12.4 Å². The molecule has 2 heterocycles. The van der Waals surface area contributed by atoms with Gasteiger partial charge in [0.05, 0.1) is 23.9 Å². The molecule has 2 N–H and O–H groups in total. The maximum Gasteiger partial charge on any atom is 0.270 e. The highest BCUT2D eigenvalue weighted by Gasteiger charge is 2.25. The van der Waals surface area contributed by atoms with Gasteiger partial charge < -0.3 is 15.1 Å². The van der Waals surface area contributed by atoms with Crippen molar-refractivity contribution in [1.29, 1.82) is 5.26 Å². The molecular formula is C24H23N5O3. The number of nitrogens with one attached hydrogen (secondary N) is 2. The lowest BCUT2D eigenvalue weighted by atomic mass is 10.1. The average Bonchev–Trinajstić information content (AvgIpc) is 3.44. The fourth-order valence-corrected chi connectivity index (χ4v) is 3.74. The van der Waals surface area contributed by atoms with E-state index in [-0.39, 0.29) is 29.3 Å². The number of carbonyl (C=O) groups is 2. The number of nitrogens with zero attached hydrogens (tertiary/aromatic N) is 3. The maximum absolute atomic E-state index is 12.8. The molecule has 0 fully saturated rings. The van der Waals surface area contributed by atoms with Gasteiger partial charge in [0.1, 0.15) is 23.5 Å². The van der Waals surface area contributed by atoms with E-state index in [0.29, 0.717) is 12.1 Å². The van der Waals surface area contributed by atoms with Gasteiger partial charge in [-0.2, -0.15) is 5.26 Å². The summed E-state index contributed by atoms with van der Waals surface area (Å²) >= 11 is 0. The first-order valence-corrected chi connectivity index (χ1v) is 10.5. The van der Waals surface area contributed by atoms with Crippen molar-refractivity contribution in [2.75, 3.05) is 0 Å². The van der Waals surface area contributed by atoms with Crippen LogP contribution in [0.25, 0.3) is 0 Å². The molecule has 0 spiro atoms. The summed E-state index contributed by atoms with van der Waals surface area (Å²) in [7, 11) is 0. The number of hydrogen-bond acceptors (Lipinski definition) is 6. The lowest BCUT2D eigenvalue weighted by Gasteiger charge is -2.14. The van der Waals surface area contributed by atoms with Crippen LogP contribution in [0, 0.1) is 11.3 Å². The molecule has 1 atom stereocenters. The molecule has 1 aliphatic rings. The van der Waals surface area contributed by atoms with E-state index in [1.807, 2.05) is 32.0 Å². The van der Waals surface area contributed by atoms with E-state index in [2.05, 4.69) is 26.7 Å². The number of aromatic nitrogens is 2. The number of carbonyl (C=O) groups excluding carboxylic acids is 2. The van der Waals surface area contributed by atoms with E-state index >= 15 is 0 Å². The summed E-state index contributed by atoms with van der Waals surface area (Å²) in [6, 6.07) is 10.8. The molecule has 0 aliphatic heterocycles. The summed E-state index contributed by atoms with van der Waals surface area (Å²) in [4.78, 5) is 33.3. The highest BCUT2D eigenvalue weighted by Crippen LogP contribution is 2.31. The third-order valence-corrected chi connectivity index (χ3v) is 5.48. The molecule has 8 heteroatoms. The minimum absolute atomic E-state index is 0.114. The first-order chi connectivity index (χ1) is 15.4. The van der Waals surface area contributed by atoms with Crippen molar-refractivity contribution >= 4 is 11.8 Å². The van der Waals surface area contributed by atoms with Gasteiger partial charge in [0.15, 0.2) is 0 Å². The highest BCUT2D eigenvalue weighted by atomic mass is 16.3. The standard InChI is InChI=1S/C24H23N5O3/c1-14(2)22-8-16(12-32-22)11-26-23(30)20-9-21(28-13-27-20)24(31)29-19-6-4-17-7-15(10-25)3-5-18(17)19/h3,5,7-9,12-14,19H,4,6,11H2,1-2H3,(H,26,30)(H,29,31)/t19-/m0/s1. The predicted molar refractivity (Wildman–Crippen MR) is 116 cm³/mol. The van der Waals surface area contributed by atoms with Crippen molar-refractivity contribution in [1.82, 2.24) is 20.6 Å². The van der Waals surface area contributed by atoms with E-state index in [1.54, 1.807) is 12.3 Å². The Morgan fingerprint density at radius 3 is 2.69 bits per heavy atom. The summed E-state index contributed by atoms with van der Waals surface area (Å²) in [5.41, 5.74) is 3.77. The molecule has 3 aromatic rings. The van der Waals surface area contributed by atoms with Gasteiger partial charge >= 0.3 is 0 Å². The Morgan fingerprint density at radius 1 is 1.19 bits per heavy atom. The number of hydrogen-bond donors (Lipinski definition) is 2. The molecule has 8 nitrogen and oxygen atoms in total. The summed E-state index contributed by atoms with van der Waals surface area (Å²) < 4.78 is 5.47. The first-order valence-electron chi connectivity index (χ1n) is 10.5. The fourth-order valence-electron chi connectivity index (χ4n) is 3.74. The van der Waals surface area contributed by atoms with Crippen LogP contribution in [0.4, 0.5) is 0 Å². The molecule has 32 heavy (non-hydrogen) atoms. The SMILES string of the molecule is CC(C)c1cc(CNC(=O)c2cc(C(=O)N[C@H]3CCc4cc(C#N)ccc43)ncn2)co1. The molecule has 1 aliphatic carbocycles. The number of furan rings is 1. The van der Waals surface area contributed by atoms with Crippen LogP contribution in [-0.2, 0) is 13.0 Å². The van der Waals surface area contributed by atoms with Gasteiger partial charge in [-0.1, -0.05) is 19.9 Å². The second-order valence-corrected chi connectivity index (χ2v) is 8.07. The highest BCUT2D eigenvalue weighted by molar-refractivity contribution is 5.97. The van der Waals surface area contributed by atoms with E-state index < -0.39 is 5.91 Å². The lowest BCUT2D eigenvalue weighted by Crippen LogP contribution is -2.29. The molecule has 2 aromatic heterocycles. The van der Waals surface area contributed by atoms with Gasteiger partial charge in [-0.3, -0.25) is 9.59 Å². The van der Waals surface area contributed by atoms with E-state index in [4.69, 9.17) is 9.68 Å². The van der Waals surface area contributed by atoms with Gasteiger partial charge in [0, 0.05) is 24.1 Å². The van der Waals surface area contributed by atoms with Crippen molar-refractivity contribution in [3.8, 4) is 6.07 Å². The summed E-state index contributed by atoms with van der Waals surface area (Å²) in [6.45, 7) is 4.36. The van der Waals surface area contributed by atoms with Crippen LogP contribution in [0.3, 0.4) is 0 Å². The monoisotopic (exact) mass is 429 g/mol. The number of nitriles is 1. The molecule has 0 bridgehead atoms. The van der Waals surface area contributed by atoms with Crippen molar-refractivity contribution in [3.63, 3.8) is 0 Å². The summed E-state index contributed by atoms with van der Waals surface area (Å²) in [5, 5.41) is 14.8. The quantitative estimate of drug-likeness (QED) is 0.619. The van der Waals surface area contributed by atoms with Crippen LogP contribution >= 0.6 is 0 Å². The molecule has 0 saturated heterocycles. The molecule has 4 rings (SSSR count). The van der Waals surface area contributed by atoms with Crippen LogP contribution in [0.5, 0.6) is 0 Å². The summed E-state index contributed by atoms with van der Waals surface area (Å²) in [5.74, 6) is 0.347. The smallest absolute Gasteiger partial charge is 0.270 e. The van der Waals surface area contributed by atoms with E-state index in [0.717, 1.165) is 35.3 Å². The lowest BCUT2D eigenvalue weighted by molar-refractivity contribution is 0.0931. The third kappa shape index (κ3) is 4.52. The van der Waals surface area contributed by atoms with Crippen molar-refractivity contribution in [3.05, 3.63) is 82.3 Å². The van der Waals surface area contributed by atoms with Crippen LogP contribution in [-0.4, -0.2) is 21.8 Å². The molecule has 0 unspecified atom stereocenters. The normalized spacial score (nSPS) is 14.6. The second-order valence-electron chi connectivity index (χ2n) is 8.07. The molecule has 0 saturated carbocycles.